The van der Waals surface area contributed by atoms with Crippen molar-refractivity contribution in [2.45, 2.75) is 20.8 Å². The quantitative estimate of drug-likeness (QED) is 0.882. The zero-order chi connectivity index (χ0) is 14.9. The molecule has 2 aromatic rings. The molecular weight excluding hydrogens is 320 g/mol. The van der Waals surface area contributed by atoms with Gasteiger partial charge in [-0.1, -0.05) is 22.0 Å². The summed E-state index contributed by atoms with van der Waals surface area (Å²) in [7, 11) is 0. The van der Waals surface area contributed by atoms with Crippen LogP contribution in [0.3, 0.4) is 0 Å². The molecule has 0 aliphatic heterocycles. The van der Waals surface area contributed by atoms with Crippen molar-refractivity contribution in [3.05, 3.63) is 51.1 Å². The number of rotatable bonds is 3. The number of hydrogen-bond donors (Lipinski definition) is 2. The van der Waals surface area contributed by atoms with Crippen molar-refractivity contribution in [3.8, 4) is 0 Å². The van der Waals surface area contributed by atoms with Crippen LogP contribution in [0.5, 0.6) is 0 Å². The van der Waals surface area contributed by atoms with Crippen molar-refractivity contribution in [3.63, 3.8) is 0 Å². The average molecular weight is 335 g/mol. The molecule has 0 unspecified atom stereocenters. The van der Waals surface area contributed by atoms with Gasteiger partial charge in [-0.15, -0.1) is 0 Å². The van der Waals surface area contributed by atoms with E-state index in [4.69, 9.17) is 0 Å². The van der Waals surface area contributed by atoms with Gasteiger partial charge in [-0.25, -0.2) is 9.78 Å². The summed E-state index contributed by atoms with van der Waals surface area (Å²) < 4.78 is 0.962. The predicted molar refractivity (Wildman–Crippen MR) is 82.8 cm³/mol. The fraction of sp³-hybridized carbons (Fsp3) is 0.200. The molecule has 20 heavy (non-hydrogen) atoms. The van der Waals surface area contributed by atoms with Crippen molar-refractivity contribution >= 4 is 33.4 Å². The van der Waals surface area contributed by atoms with Crippen molar-refractivity contribution < 1.29 is 9.90 Å². The Morgan fingerprint density at radius 1 is 1.20 bits per heavy atom. The summed E-state index contributed by atoms with van der Waals surface area (Å²) in [6.07, 6.45) is 0. The fourth-order valence-corrected chi connectivity index (χ4v) is 2.38. The molecule has 0 radical (unpaired) electrons. The predicted octanol–water partition coefficient (Wildman–Crippen LogP) is 4.21. The number of nitrogens with one attached hydrogen (secondary N) is 1. The summed E-state index contributed by atoms with van der Waals surface area (Å²) in [5, 5.41) is 12.4. The number of carbonyl (C=O) groups is 1. The number of halogens is 1. The number of aromatic carboxylic acids is 1. The molecule has 0 amide bonds. The Labute approximate surface area is 126 Å². The van der Waals surface area contributed by atoms with Crippen LogP contribution >= 0.6 is 15.9 Å². The molecule has 0 saturated heterocycles. The van der Waals surface area contributed by atoms with E-state index in [9.17, 15) is 9.90 Å². The van der Waals surface area contributed by atoms with Crippen LogP contribution < -0.4 is 5.32 Å². The van der Waals surface area contributed by atoms with Crippen molar-refractivity contribution in [2.24, 2.45) is 0 Å². The van der Waals surface area contributed by atoms with Gasteiger partial charge >= 0.3 is 5.97 Å². The maximum absolute atomic E-state index is 11.4. The van der Waals surface area contributed by atoms with Crippen LogP contribution in [-0.2, 0) is 0 Å². The molecule has 1 heterocycles. The number of aromatic nitrogens is 1. The molecule has 104 valence electrons. The number of nitrogens with zero attached hydrogens (tertiary/aromatic N) is 1. The Morgan fingerprint density at radius 2 is 1.90 bits per heavy atom. The van der Waals surface area contributed by atoms with Crippen LogP contribution in [0.4, 0.5) is 11.5 Å². The molecule has 1 aromatic carbocycles. The van der Waals surface area contributed by atoms with E-state index in [1.54, 1.807) is 13.0 Å². The number of pyridine rings is 1. The minimum atomic E-state index is -0.983. The highest BCUT2D eigenvalue weighted by Crippen LogP contribution is 2.26. The smallest absolute Gasteiger partial charge is 0.339 e. The Balaban J connectivity index is 2.47. The lowest BCUT2D eigenvalue weighted by Gasteiger charge is -2.12. The van der Waals surface area contributed by atoms with Gasteiger partial charge in [0.15, 0.2) is 0 Å². The Bertz CT molecular complexity index is 684. The molecule has 0 atom stereocenters. The van der Waals surface area contributed by atoms with Gasteiger partial charge in [-0.2, -0.15) is 0 Å². The van der Waals surface area contributed by atoms with Crippen LogP contribution in [0.1, 0.15) is 27.2 Å². The van der Waals surface area contributed by atoms with E-state index in [2.05, 4.69) is 26.2 Å². The van der Waals surface area contributed by atoms with Crippen LogP contribution in [0.2, 0.25) is 0 Å². The van der Waals surface area contributed by atoms with Gasteiger partial charge in [0.05, 0.1) is 0 Å². The largest absolute Gasteiger partial charge is 0.478 e. The highest BCUT2D eigenvalue weighted by atomic mass is 79.9. The van der Waals surface area contributed by atoms with E-state index >= 15 is 0 Å². The van der Waals surface area contributed by atoms with Crippen LogP contribution in [0.15, 0.2) is 28.7 Å². The Kier molecular flexibility index (Phi) is 4.09. The lowest BCUT2D eigenvalue weighted by Crippen LogP contribution is -2.08. The molecule has 0 aliphatic carbocycles. The van der Waals surface area contributed by atoms with E-state index < -0.39 is 5.97 Å². The van der Waals surface area contributed by atoms with Gasteiger partial charge in [0, 0.05) is 15.9 Å². The number of benzene rings is 1. The van der Waals surface area contributed by atoms with E-state index in [-0.39, 0.29) is 5.56 Å². The average Bonchev–Trinajstić information content (AvgIpc) is 2.32. The van der Waals surface area contributed by atoms with Gasteiger partial charge in [-0.3, -0.25) is 0 Å². The molecule has 2 rings (SSSR count). The Hall–Kier alpha value is -1.88. The third-order valence-electron chi connectivity index (χ3n) is 2.99. The summed E-state index contributed by atoms with van der Waals surface area (Å²) in [4.78, 5) is 15.7. The first kappa shape index (κ1) is 14.5. The van der Waals surface area contributed by atoms with E-state index in [0.717, 1.165) is 21.4 Å². The number of anilines is 2. The summed E-state index contributed by atoms with van der Waals surface area (Å²) in [6.45, 7) is 5.61. The molecule has 0 aliphatic rings. The van der Waals surface area contributed by atoms with Crippen LogP contribution in [0.25, 0.3) is 0 Å². The number of carboxylic acids is 1. The molecule has 2 N–H and O–H groups in total. The van der Waals surface area contributed by atoms with Crippen molar-refractivity contribution in [1.29, 1.82) is 0 Å². The second-order valence-electron chi connectivity index (χ2n) is 4.70. The van der Waals surface area contributed by atoms with Gasteiger partial charge < -0.3 is 10.4 Å². The van der Waals surface area contributed by atoms with E-state index in [0.29, 0.717) is 11.4 Å². The van der Waals surface area contributed by atoms with Crippen LogP contribution in [0, 0.1) is 20.8 Å². The lowest BCUT2D eigenvalue weighted by atomic mass is 10.1. The maximum Gasteiger partial charge on any atom is 0.339 e. The molecule has 4 nitrogen and oxygen atoms in total. The lowest BCUT2D eigenvalue weighted by molar-refractivity contribution is 0.0697. The van der Waals surface area contributed by atoms with Crippen LogP contribution in [-0.4, -0.2) is 16.1 Å². The summed E-state index contributed by atoms with van der Waals surface area (Å²) >= 11 is 3.46. The third-order valence-corrected chi connectivity index (χ3v) is 3.85. The Morgan fingerprint density at radius 3 is 2.50 bits per heavy atom. The second kappa shape index (κ2) is 5.63. The number of carboxylic acid groups (broad SMARTS) is 1. The first-order valence-corrected chi connectivity index (χ1v) is 6.92. The van der Waals surface area contributed by atoms with E-state index in [1.165, 1.54) is 0 Å². The minimum absolute atomic E-state index is 0.201. The SMILES string of the molecule is Cc1cc(C)c(C(=O)O)c(Nc2ccc(C)c(Br)c2)n1. The van der Waals surface area contributed by atoms with Crippen molar-refractivity contribution in [1.82, 2.24) is 4.98 Å². The fourth-order valence-electron chi connectivity index (χ4n) is 2.00. The monoisotopic (exact) mass is 334 g/mol. The van der Waals surface area contributed by atoms with Crippen molar-refractivity contribution in [2.75, 3.05) is 5.32 Å². The van der Waals surface area contributed by atoms with E-state index in [1.807, 2.05) is 32.0 Å². The molecular formula is C15H15BrN2O2. The highest BCUT2D eigenvalue weighted by Gasteiger charge is 2.16. The minimum Gasteiger partial charge on any atom is -0.478 e. The zero-order valence-corrected chi connectivity index (χ0v) is 13.1. The number of aryl methyl sites for hydroxylation is 3. The summed E-state index contributed by atoms with van der Waals surface area (Å²) in [6, 6.07) is 7.51. The van der Waals surface area contributed by atoms with Gasteiger partial charge in [-0.05, 0) is 50.1 Å². The molecule has 5 heteroatoms. The van der Waals surface area contributed by atoms with Gasteiger partial charge in [0.25, 0.3) is 0 Å². The highest BCUT2D eigenvalue weighted by molar-refractivity contribution is 9.10. The normalized spacial score (nSPS) is 10.4. The zero-order valence-electron chi connectivity index (χ0n) is 11.5. The van der Waals surface area contributed by atoms with Gasteiger partial charge in [0.1, 0.15) is 11.4 Å². The topological polar surface area (TPSA) is 62.2 Å². The summed E-state index contributed by atoms with van der Waals surface area (Å²) in [5.41, 5.74) is 3.58. The number of hydrogen-bond acceptors (Lipinski definition) is 3. The standard InChI is InChI=1S/C15H15BrN2O2/c1-8-4-5-11(7-12(8)16)18-14-13(15(19)20)9(2)6-10(3)17-14/h4-7H,1-3H3,(H,17,18)(H,19,20). The molecule has 0 fully saturated rings. The third kappa shape index (κ3) is 2.99. The maximum atomic E-state index is 11.4. The molecule has 0 spiro atoms. The first-order chi connectivity index (χ1) is 9.38. The molecule has 0 saturated carbocycles. The summed E-state index contributed by atoms with van der Waals surface area (Å²) in [5.74, 6) is -0.616. The second-order valence-corrected chi connectivity index (χ2v) is 5.55. The molecule has 0 bridgehead atoms. The molecule has 1 aromatic heterocycles. The first-order valence-electron chi connectivity index (χ1n) is 6.13. The van der Waals surface area contributed by atoms with Gasteiger partial charge in [0.2, 0.25) is 0 Å².